The first-order valence-electron chi connectivity index (χ1n) is 9.10. The largest absolute Gasteiger partial charge is 0.458 e. The molecule has 4 heteroatoms. The molecule has 4 fully saturated rings. The highest BCUT2D eigenvalue weighted by Crippen LogP contribution is 2.61. The van der Waals surface area contributed by atoms with E-state index < -0.39 is 22.2 Å². The molecule has 4 bridgehead atoms. The molecule has 2 N–H and O–H groups in total. The van der Waals surface area contributed by atoms with Gasteiger partial charge in [-0.3, -0.25) is 4.79 Å². The lowest BCUT2D eigenvalue weighted by atomic mass is 9.50. The Morgan fingerprint density at radius 3 is 1.87 bits per heavy atom. The van der Waals surface area contributed by atoms with Crippen LogP contribution in [0.4, 0.5) is 0 Å². The Hall–Kier alpha value is -0.610. The number of rotatable bonds is 4. The molecule has 0 spiro atoms. The van der Waals surface area contributed by atoms with Gasteiger partial charge in [0.25, 0.3) is 0 Å². The third-order valence-corrected chi connectivity index (χ3v) is 7.11. The van der Waals surface area contributed by atoms with Crippen molar-refractivity contribution in [3.63, 3.8) is 0 Å². The van der Waals surface area contributed by atoms with Crippen LogP contribution in [-0.2, 0) is 9.53 Å². The van der Waals surface area contributed by atoms with E-state index in [0.29, 0.717) is 19.3 Å². The molecule has 23 heavy (non-hydrogen) atoms. The highest BCUT2D eigenvalue weighted by molar-refractivity contribution is 5.77. The van der Waals surface area contributed by atoms with E-state index in [0.717, 1.165) is 19.3 Å². The quantitative estimate of drug-likeness (QED) is 0.780. The fourth-order valence-electron chi connectivity index (χ4n) is 5.81. The molecule has 0 aromatic carbocycles. The fraction of sp³-hybridized carbons (Fsp3) is 0.947. The van der Waals surface area contributed by atoms with Crippen molar-refractivity contribution in [2.75, 3.05) is 0 Å². The van der Waals surface area contributed by atoms with Crippen molar-refractivity contribution in [3.05, 3.63) is 0 Å². The van der Waals surface area contributed by atoms with Crippen LogP contribution >= 0.6 is 0 Å². The molecule has 2 atom stereocenters. The molecule has 4 rings (SSSR count). The highest BCUT2D eigenvalue weighted by Gasteiger charge is 2.65. The number of aliphatic hydroxyl groups is 2. The van der Waals surface area contributed by atoms with Gasteiger partial charge in [0.15, 0.2) is 0 Å². The molecular formula is C19H32O4. The maximum Gasteiger partial charge on any atom is 0.312 e. The van der Waals surface area contributed by atoms with Crippen LogP contribution in [0.1, 0.15) is 73.1 Å². The zero-order chi connectivity index (χ0) is 17.3. The summed E-state index contributed by atoms with van der Waals surface area (Å²) < 4.78 is 6.11. The van der Waals surface area contributed by atoms with Crippen LogP contribution < -0.4 is 0 Å². The minimum Gasteiger partial charge on any atom is -0.458 e. The fourth-order valence-corrected chi connectivity index (χ4v) is 5.81. The molecule has 0 aromatic heterocycles. The van der Waals surface area contributed by atoms with Crippen LogP contribution in [0.2, 0.25) is 0 Å². The molecule has 2 unspecified atom stereocenters. The minimum atomic E-state index is -0.861. The summed E-state index contributed by atoms with van der Waals surface area (Å²) in [6.45, 7) is 10.2. The maximum absolute atomic E-state index is 13.1. The molecule has 132 valence electrons. The van der Waals surface area contributed by atoms with E-state index in [4.69, 9.17) is 4.74 Å². The maximum atomic E-state index is 13.1. The summed E-state index contributed by atoms with van der Waals surface area (Å²) in [7, 11) is 0. The van der Waals surface area contributed by atoms with Crippen LogP contribution in [0.15, 0.2) is 0 Å². The molecule has 4 saturated carbocycles. The summed E-state index contributed by atoms with van der Waals surface area (Å²) in [4.78, 5) is 13.1. The van der Waals surface area contributed by atoms with Crippen molar-refractivity contribution in [1.82, 2.24) is 0 Å². The molecule has 0 aromatic rings. The zero-order valence-electron chi connectivity index (χ0n) is 15.2. The molecule has 4 aliphatic carbocycles. The van der Waals surface area contributed by atoms with Crippen LogP contribution in [-0.4, -0.2) is 33.0 Å². The smallest absolute Gasteiger partial charge is 0.312 e. The van der Waals surface area contributed by atoms with Crippen molar-refractivity contribution >= 4 is 5.97 Å². The van der Waals surface area contributed by atoms with E-state index in [1.165, 1.54) is 0 Å². The number of ether oxygens (including phenoxy) is 1. The van der Waals surface area contributed by atoms with E-state index >= 15 is 0 Å². The Bertz CT molecular complexity index is 483. The summed E-state index contributed by atoms with van der Waals surface area (Å²) in [5, 5.41) is 21.6. The van der Waals surface area contributed by atoms with E-state index in [9.17, 15) is 15.0 Å². The van der Waals surface area contributed by atoms with Gasteiger partial charge >= 0.3 is 5.97 Å². The second kappa shape index (κ2) is 4.95. The number of hydrogen-bond acceptors (Lipinski definition) is 4. The Balaban J connectivity index is 1.86. The average molecular weight is 324 g/mol. The Morgan fingerprint density at radius 1 is 1.00 bits per heavy atom. The third-order valence-electron chi connectivity index (χ3n) is 7.11. The van der Waals surface area contributed by atoms with Gasteiger partial charge in [0.05, 0.1) is 16.6 Å². The molecule has 0 radical (unpaired) electrons. The summed E-state index contributed by atoms with van der Waals surface area (Å²) >= 11 is 0. The monoisotopic (exact) mass is 324 g/mol. The zero-order valence-corrected chi connectivity index (χ0v) is 15.2. The first-order chi connectivity index (χ1) is 10.4. The predicted octanol–water partition coefficient (Wildman–Crippen LogP) is 3.05. The first kappa shape index (κ1) is 17.2. The normalized spacial score (nSPS) is 42.6. The topological polar surface area (TPSA) is 66.8 Å². The molecule has 4 aliphatic rings. The molecule has 4 nitrogen and oxygen atoms in total. The van der Waals surface area contributed by atoms with Gasteiger partial charge in [-0.05, 0) is 43.9 Å². The molecule has 0 heterocycles. The van der Waals surface area contributed by atoms with Crippen molar-refractivity contribution < 1.29 is 19.7 Å². The van der Waals surface area contributed by atoms with E-state index in [-0.39, 0.29) is 23.7 Å². The van der Waals surface area contributed by atoms with Crippen molar-refractivity contribution in [2.24, 2.45) is 23.2 Å². The summed E-state index contributed by atoms with van der Waals surface area (Å²) in [5.74, 6) is 0.445. The minimum absolute atomic E-state index is 0.170. The second-order valence-corrected chi connectivity index (χ2v) is 9.62. The van der Waals surface area contributed by atoms with Crippen molar-refractivity contribution in [2.45, 2.75) is 89.9 Å². The number of hydrogen-bond donors (Lipinski definition) is 2. The Kier molecular flexibility index (Phi) is 3.71. The molecule has 0 aliphatic heterocycles. The van der Waals surface area contributed by atoms with Crippen LogP contribution in [0.3, 0.4) is 0 Å². The van der Waals surface area contributed by atoms with Gasteiger partial charge in [0.1, 0.15) is 5.60 Å². The van der Waals surface area contributed by atoms with Crippen LogP contribution in [0.5, 0.6) is 0 Å². The van der Waals surface area contributed by atoms with Crippen molar-refractivity contribution in [1.29, 1.82) is 0 Å². The van der Waals surface area contributed by atoms with Gasteiger partial charge in [-0.25, -0.2) is 0 Å². The van der Waals surface area contributed by atoms with Gasteiger partial charge in [0, 0.05) is 19.3 Å². The third kappa shape index (κ3) is 2.62. The Labute approximate surface area is 139 Å². The first-order valence-corrected chi connectivity index (χ1v) is 9.10. The van der Waals surface area contributed by atoms with Crippen LogP contribution in [0.25, 0.3) is 0 Å². The summed E-state index contributed by atoms with van der Waals surface area (Å²) in [6, 6.07) is 0. The van der Waals surface area contributed by atoms with Gasteiger partial charge in [0.2, 0.25) is 0 Å². The average Bonchev–Trinajstić information content (AvgIpc) is 2.31. The summed E-state index contributed by atoms with van der Waals surface area (Å²) in [6.07, 6.45) is 3.66. The molecule has 0 amide bonds. The number of carbonyl (C=O) groups excluding carboxylic acids is 1. The van der Waals surface area contributed by atoms with E-state index in [2.05, 4.69) is 27.7 Å². The standard InChI is InChI=1S/C19H32O4/c1-12(2)16(5,13(3)4)15(20)23-19-8-14-6-17(21,10-19)9-18(22,7-14)11-19/h12-14,21-22H,6-11H2,1-5H3. The van der Waals surface area contributed by atoms with E-state index in [1.54, 1.807) is 0 Å². The van der Waals surface area contributed by atoms with Gasteiger partial charge in [-0.1, -0.05) is 27.7 Å². The van der Waals surface area contributed by atoms with Gasteiger partial charge in [-0.2, -0.15) is 0 Å². The lowest BCUT2D eigenvalue weighted by Crippen LogP contribution is -2.67. The lowest BCUT2D eigenvalue weighted by molar-refractivity contribution is -0.266. The van der Waals surface area contributed by atoms with Crippen molar-refractivity contribution in [3.8, 4) is 0 Å². The highest BCUT2D eigenvalue weighted by atomic mass is 16.6. The van der Waals surface area contributed by atoms with Gasteiger partial charge in [-0.15, -0.1) is 0 Å². The second-order valence-electron chi connectivity index (χ2n) is 9.62. The van der Waals surface area contributed by atoms with Gasteiger partial charge < -0.3 is 14.9 Å². The van der Waals surface area contributed by atoms with E-state index in [1.807, 2.05) is 6.92 Å². The molecular weight excluding hydrogens is 292 g/mol. The summed E-state index contributed by atoms with van der Waals surface area (Å²) in [5.41, 5.74) is -2.94. The lowest BCUT2D eigenvalue weighted by Gasteiger charge is -2.62. The SMILES string of the molecule is CC(C)C(C)(C(=O)OC12CC3CC(O)(CC(O)(C3)C1)C2)C(C)C. The Morgan fingerprint density at radius 2 is 1.48 bits per heavy atom. The number of esters is 1. The van der Waals surface area contributed by atoms with Crippen LogP contribution in [0, 0.1) is 23.2 Å². The predicted molar refractivity (Wildman–Crippen MR) is 87.7 cm³/mol. The molecule has 0 saturated heterocycles. The number of carbonyl (C=O) groups is 1.